The highest BCUT2D eigenvalue weighted by atomic mass is 16.5. The lowest BCUT2D eigenvalue weighted by Crippen LogP contribution is -2.26. The van der Waals surface area contributed by atoms with Crippen LogP contribution in [0.1, 0.15) is 27.2 Å². The molecule has 6 nitrogen and oxygen atoms in total. The molecule has 1 heterocycles. The van der Waals surface area contributed by atoms with E-state index in [0.717, 1.165) is 22.6 Å². The second kappa shape index (κ2) is 8.99. The molecule has 0 bridgehead atoms. The van der Waals surface area contributed by atoms with E-state index in [9.17, 15) is 4.79 Å². The lowest BCUT2D eigenvalue weighted by Gasteiger charge is -2.11. The molecule has 0 saturated carbocycles. The maximum absolute atomic E-state index is 12.5. The van der Waals surface area contributed by atoms with E-state index in [1.165, 1.54) is 11.9 Å². The van der Waals surface area contributed by atoms with E-state index in [0.29, 0.717) is 24.5 Å². The minimum absolute atomic E-state index is 0.235. The number of carbonyl (C=O) groups excluding carboxylic acids is 1. The Hall–Kier alpha value is -3.41. The predicted octanol–water partition coefficient (Wildman–Crippen LogP) is 3.82. The standard InChI is InChI=1S/C22H24N4O2/c1-15-7-6-9-18(16(15)2)26-21-13-19(24-14-25-21)22(27)23-12-11-17-8-4-5-10-20(17)28-3/h4-10,13-14H,11-12H2,1-3H3,(H,23,27)(H,24,25,26). The van der Waals surface area contributed by atoms with E-state index in [1.54, 1.807) is 13.2 Å². The van der Waals surface area contributed by atoms with E-state index >= 15 is 0 Å². The Balaban J connectivity index is 1.63. The van der Waals surface area contributed by atoms with Gasteiger partial charge in [0.15, 0.2) is 0 Å². The Bertz CT molecular complexity index is 972. The van der Waals surface area contributed by atoms with Crippen LogP contribution in [0.25, 0.3) is 0 Å². The van der Waals surface area contributed by atoms with Crippen molar-refractivity contribution in [2.45, 2.75) is 20.3 Å². The SMILES string of the molecule is COc1ccccc1CCNC(=O)c1cc(Nc2cccc(C)c2C)ncn1. The van der Waals surface area contributed by atoms with Crippen LogP contribution in [0, 0.1) is 13.8 Å². The Morgan fingerprint density at radius 1 is 1.07 bits per heavy atom. The van der Waals surface area contributed by atoms with Gasteiger partial charge in [0.2, 0.25) is 0 Å². The third kappa shape index (κ3) is 4.65. The maximum atomic E-state index is 12.5. The summed E-state index contributed by atoms with van der Waals surface area (Å²) in [4.78, 5) is 20.8. The van der Waals surface area contributed by atoms with Crippen molar-refractivity contribution < 1.29 is 9.53 Å². The van der Waals surface area contributed by atoms with Crippen LogP contribution in [0.5, 0.6) is 5.75 Å². The van der Waals surface area contributed by atoms with Crippen LogP contribution >= 0.6 is 0 Å². The molecule has 0 spiro atoms. The molecule has 0 aliphatic carbocycles. The van der Waals surface area contributed by atoms with Crippen LogP contribution in [0.4, 0.5) is 11.5 Å². The van der Waals surface area contributed by atoms with Crippen LogP contribution in [-0.2, 0) is 6.42 Å². The van der Waals surface area contributed by atoms with Gasteiger partial charge in [-0.15, -0.1) is 0 Å². The third-order valence-corrected chi connectivity index (χ3v) is 4.64. The topological polar surface area (TPSA) is 76.1 Å². The number of methoxy groups -OCH3 is 1. The number of aromatic nitrogens is 2. The lowest BCUT2D eigenvalue weighted by atomic mass is 10.1. The average Bonchev–Trinajstić information content (AvgIpc) is 2.72. The molecular formula is C22H24N4O2. The van der Waals surface area contributed by atoms with E-state index in [-0.39, 0.29) is 5.91 Å². The van der Waals surface area contributed by atoms with E-state index in [2.05, 4.69) is 33.6 Å². The van der Waals surface area contributed by atoms with Crippen LogP contribution < -0.4 is 15.4 Å². The quantitative estimate of drug-likeness (QED) is 0.656. The lowest BCUT2D eigenvalue weighted by molar-refractivity contribution is 0.0949. The molecule has 0 unspecified atom stereocenters. The molecule has 1 amide bonds. The minimum atomic E-state index is -0.235. The van der Waals surface area contributed by atoms with Gasteiger partial charge in [-0.2, -0.15) is 0 Å². The summed E-state index contributed by atoms with van der Waals surface area (Å²) >= 11 is 0. The average molecular weight is 376 g/mol. The Labute approximate surface area is 165 Å². The molecule has 28 heavy (non-hydrogen) atoms. The number of benzene rings is 2. The summed E-state index contributed by atoms with van der Waals surface area (Å²) in [5, 5.41) is 6.16. The summed E-state index contributed by atoms with van der Waals surface area (Å²) in [6, 6.07) is 15.5. The number of ether oxygens (including phenoxy) is 1. The Morgan fingerprint density at radius 2 is 1.89 bits per heavy atom. The Morgan fingerprint density at radius 3 is 2.71 bits per heavy atom. The zero-order valence-corrected chi connectivity index (χ0v) is 16.3. The fraction of sp³-hybridized carbons (Fsp3) is 0.227. The van der Waals surface area contributed by atoms with E-state index in [1.807, 2.05) is 43.3 Å². The molecule has 2 aromatic carbocycles. The number of nitrogens with one attached hydrogen (secondary N) is 2. The normalized spacial score (nSPS) is 10.4. The number of para-hydroxylation sites is 1. The first-order chi connectivity index (χ1) is 13.6. The van der Waals surface area contributed by atoms with Crippen molar-refractivity contribution in [3.63, 3.8) is 0 Å². The third-order valence-electron chi connectivity index (χ3n) is 4.64. The summed E-state index contributed by atoms with van der Waals surface area (Å²) in [5.74, 6) is 1.17. The molecular weight excluding hydrogens is 352 g/mol. The first kappa shape index (κ1) is 19.4. The predicted molar refractivity (Wildman–Crippen MR) is 110 cm³/mol. The maximum Gasteiger partial charge on any atom is 0.270 e. The van der Waals surface area contributed by atoms with Crippen molar-refractivity contribution in [3.8, 4) is 5.75 Å². The number of nitrogens with zero attached hydrogens (tertiary/aromatic N) is 2. The molecule has 0 saturated heterocycles. The number of aryl methyl sites for hydroxylation is 1. The molecule has 0 aliphatic rings. The fourth-order valence-corrected chi connectivity index (χ4v) is 2.89. The molecule has 0 radical (unpaired) electrons. The number of hydrogen-bond acceptors (Lipinski definition) is 5. The molecule has 144 valence electrons. The molecule has 3 rings (SSSR count). The van der Waals surface area contributed by atoms with Crippen molar-refractivity contribution >= 4 is 17.4 Å². The second-order valence-corrected chi connectivity index (χ2v) is 6.48. The van der Waals surface area contributed by atoms with Crippen LogP contribution in [-0.4, -0.2) is 29.5 Å². The number of carbonyl (C=O) groups is 1. The van der Waals surface area contributed by atoms with Crippen molar-refractivity contribution in [3.05, 3.63) is 77.2 Å². The number of hydrogen-bond donors (Lipinski definition) is 2. The van der Waals surface area contributed by atoms with E-state index < -0.39 is 0 Å². The zero-order chi connectivity index (χ0) is 19.9. The second-order valence-electron chi connectivity index (χ2n) is 6.48. The smallest absolute Gasteiger partial charge is 0.270 e. The van der Waals surface area contributed by atoms with Gasteiger partial charge in [-0.3, -0.25) is 4.79 Å². The van der Waals surface area contributed by atoms with Crippen LogP contribution in [0.3, 0.4) is 0 Å². The van der Waals surface area contributed by atoms with Gasteiger partial charge in [-0.05, 0) is 49.1 Å². The highest BCUT2D eigenvalue weighted by Crippen LogP contribution is 2.22. The molecule has 0 aliphatic heterocycles. The molecule has 3 aromatic rings. The monoisotopic (exact) mass is 376 g/mol. The van der Waals surface area contributed by atoms with Gasteiger partial charge in [0.05, 0.1) is 7.11 Å². The zero-order valence-electron chi connectivity index (χ0n) is 16.3. The highest BCUT2D eigenvalue weighted by Gasteiger charge is 2.10. The first-order valence-electron chi connectivity index (χ1n) is 9.14. The van der Waals surface area contributed by atoms with Crippen molar-refractivity contribution in [1.82, 2.24) is 15.3 Å². The summed E-state index contributed by atoms with van der Waals surface area (Å²) in [6.07, 6.45) is 2.07. The van der Waals surface area contributed by atoms with Gasteiger partial charge in [0, 0.05) is 18.3 Å². The summed E-state index contributed by atoms with van der Waals surface area (Å²) in [5.41, 5.74) is 4.66. The van der Waals surface area contributed by atoms with Crippen LogP contribution in [0.2, 0.25) is 0 Å². The van der Waals surface area contributed by atoms with Crippen molar-refractivity contribution in [1.29, 1.82) is 0 Å². The molecule has 1 aromatic heterocycles. The van der Waals surface area contributed by atoms with Crippen LogP contribution in [0.15, 0.2) is 54.9 Å². The molecule has 0 fully saturated rings. The van der Waals surface area contributed by atoms with Gasteiger partial charge in [0.1, 0.15) is 23.6 Å². The molecule has 6 heteroatoms. The number of amides is 1. The molecule has 0 atom stereocenters. The minimum Gasteiger partial charge on any atom is -0.496 e. The van der Waals surface area contributed by atoms with Crippen molar-refractivity contribution in [2.75, 3.05) is 19.0 Å². The Kier molecular flexibility index (Phi) is 6.22. The fourth-order valence-electron chi connectivity index (χ4n) is 2.89. The van der Waals surface area contributed by atoms with Gasteiger partial charge in [-0.25, -0.2) is 9.97 Å². The van der Waals surface area contributed by atoms with E-state index in [4.69, 9.17) is 4.74 Å². The summed E-state index contributed by atoms with van der Waals surface area (Å²) < 4.78 is 5.34. The van der Waals surface area contributed by atoms with Gasteiger partial charge in [0.25, 0.3) is 5.91 Å². The summed E-state index contributed by atoms with van der Waals surface area (Å²) in [7, 11) is 1.64. The number of anilines is 2. The van der Waals surface area contributed by atoms with Gasteiger partial charge in [-0.1, -0.05) is 30.3 Å². The largest absolute Gasteiger partial charge is 0.496 e. The number of rotatable bonds is 7. The first-order valence-corrected chi connectivity index (χ1v) is 9.14. The highest BCUT2D eigenvalue weighted by molar-refractivity contribution is 5.93. The van der Waals surface area contributed by atoms with Gasteiger partial charge >= 0.3 is 0 Å². The van der Waals surface area contributed by atoms with Gasteiger partial charge < -0.3 is 15.4 Å². The van der Waals surface area contributed by atoms with Crippen molar-refractivity contribution in [2.24, 2.45) is 0 Å². The molecule has 2 N–H and O–H groups in total. The summed E-state index contributed by atoms with van der Waals surface area (Å²) in [6.45, 7) is 4.59.